The van der Waals surface area contributed by atoms with E-state index in [4.69, 9.17) is 5.41 Å². The van der Waals surface area contributed by atoms with Gasteiger partial charge in [0.2, 0.25) is 0 Å². The molecule has 2 N–H and O–H groups in total. The van der Waals surface area contributed by atoms with Crippen molar-refractivity contribution in [2.75, 3.05) is 5.32 Å². The molecule has 0 heterocycles. The quantitative estimate of drug-likeness (QED) is 0.493. The van der Waals surface area contributed by atoms with Crippen LogP contribution in [0.3, 0.4) is 0 Å². The summed E-state index contributed by atoms with van der Waals surface area (Å²) in [5.74, 6) is 0. The number of nitrogens with zero attached hydrogens (tertiary/aromatic N) is 1. The van der Waals surface area contributed by atoms with Crippen LogP contribution in [0.4, 0.5) is 11.4 Å². The first-order valence-electron chi connectivity index (χ1n) is 5.88. The molecule has 0 aromatic heterocycles. The molecule has 5 nitrogen and oxygen atoms in total. The van der Waals surface area contributed by atoms with E-state index in [1.807, 2.05) is 30.3 Å². The third-order valence-corrected chi connectivity index (χ3v) is 3.25. The van der Waals surface area contributed by atoms with Gasteiger partial charge in [0.25, 0.3) is 5.69 Å². The van der Waals surface area contributed by atoms with E-state index in [1.165, 1.54) is 6.07 Å². The van der Waals surface area contributed by atoms with Crippen LogP contribution in [-0.2, 0) is 6.54 Å². The molecule has 0 saturated heterocycles. The fraction of sp³-hybridized carbons (Fsp3) is 0.0714. The zero-order chi connectivity index (χ0) is 14.5. The minimum absolute atomic E-state index is 0.0927. The van der Waals surface area contributed by atoms with Crippen molar-refractivity contribution < 1.29 is 4.92 Å². The van der Waals surface area contributed by atoms with Crippen molar-refractivity contribution in [1.82, 2.24) is 0 Å². The number of hydrogen-bond donors (Lipinski definition) is 2. The Morgan fingerprint density at radius 2 is 2.00 bits per heavy atom. The smallest absolute Gasteiger partial charge is 0.281 e. The van der Waals surface area contributed by atoms with E-state index in [-0.39, 0.29) is 11.3 Å². The predicted molar refractivity (Wildman–Crippen MR) is 82.5 cm³/mol. The van der Waals surface area contributed by atoms with Crippen molar-refractivity contribution in [3.8, 4) is 0 Å². The summed E-state index contributed by atoms with van der Waals surface area (Å²) in [5, 5.41) is 21.5. The lowest BCUT2D eigenvalue weighted by Gasteiger charge is -2.10. The molecule has 6 heteroatoms. The van der Waals surface area contributed by atoms with Gasteiger partial charge in [0, 0.05) is 23.3 Å². The summed E-state index contributed by atoms with van der Waals surface area (Å²) < 4.78 is 0.602. The number of anilines is 1. The van der Waals surface area contributed by atoms with Gasteiger partial charge in [0.05, 0.1) is 16.2 Å². The highest BCUT2D eigenvalue weighted by atomic mass is 79.9. The predicted octanol–water partition coefficient (Wildman–Crippen LogP) is 3.97. The Labute approximate surface area is 124 Å². The second-order valence-corrected chi connectivity index (χ2v) is 5.04. The van der Waals surface area contributed by atoms with Crippen LogP contribution in [0.15, 0.2) is 46.9 Å². The molecule has 0 fully saturated rings. The molecule has 20 heavy (non-hydrogen) atoms. The zero-order valence-electron chi connectivity index (χ0n) is 10.5. The number of nitro benzene ring substituents is 1. The molecule has 0 aliphatic rings. The molecule has 2 aromatic rings. The highest BCUT2D eigenvalue weighted by molar-refractivity contribution is 9.10. The minimum Gasteiger partial charge on any atom is -0.380 e. The SMILES string of the molecule is N=Cc1c(NCc2ccccc2)cc(Br)cc1[N+](=O)[O-]. The van der Waals surface area contributed by atoms with Gasteiger partial charge in [-0.1, -0.05) is 46.3 Å². The van der Waals surface area contributed by atoms with Gasteiger partial charge >= 0.3 is 0 Å². The summed E-state index contributed by atoms with van der Waals surface area (Å²) >= 11 is 3.25. The summed E-state index contributed by atoms with van der Waals surface area (Å²) in [7, 11) is 0. The lowest BCUT2D eigenvalue weighted by Crippen LogP contribution is -2.04. The van der Waals surface area contributed by atoms with Crippen molar-refractivity contribution in [3.05, 3.63) is 68.2 Å². The molecule has 0 saturated carbocycles. The Balaban J connectivity index is 2.31. The number of nitrogens with one attached hydrogen (secondary N) is 2. The Bertz CT molecular complexity index is 644. The lowest BCUT2D eigenvalue weighted by atomic mass is 10.1. The molecule has 102 valence electrons. The van der Waals surface area contributed by atoms with Crippen molar-refractivity contribution in [3.63, 3.8) is 0 Å². The van der Waals surface area contributed by atoms with Crippen LogP contribution in [0, 0.1) is 15.5 Å². The monoisotopic (exact) mass is 333 g/mol. The molecule has 2 rings (SSSR count). The van der Waals surface area contributed by atoms with E-state index < -0.39 is 4.92 Å². The number of nitro groups is 1. The maximum atomic E-state index is 11.0. The van der Waals surface area contributed by atoms with Crippen LogP contribution in [0.2, 0.25) is 0 Å². The first kappa shape index (κ1) is 14.2. The lowest BCUT2D eigenvalue weighted by molar-refractivity contribution is -0.385. The summed E-state index contributed by atoms with van der Waals surface area (Å²) in [6, 6.07) is 12.8. The fourth-order valence-corrected chi connectivity index (χ4v) is 2.29. The van der Waals surface area contributed by atoms with E-state index in [2.05, 4.69) is 21.2 Å². The van der Waals surface area contributed by atoms with E-state index in [0.29, 0.717) is 16.7 Å². The van der Waals surface area contributed by atoms with Gasteiger partial charge in [0.1, 0.15) is 0 Å². The molecule has 0 bridgehead atoms. The van der Waals surface area contributed by atoms with E-state index >= 15 is 0 Å². The molecule has 0 radical (unpaired) electrons. The largest absolute Gasteiger partial charge is 0.380 e. The van der Waals surface area contributed by atoms with Crippen molar-refractivity contribution >= 4 is 33.5 Å². The Kier molecular flexibility index (Phi) is 4.47. The van der Waals surface area contributed by atoms with Crippen molar-refractivity contribution in [2.45, 2.75) is 6.54 Å². The number of hydrogen-bond acceptors (Lipinski definition) is 4. The minimum atomic E-state index is -0.487. The van der Waals surface area contributed by atoms with E-state index in [0.717, 1.165) is 11.8 Å². The molecular weight excluding hydrogens is 322 g/mol. The normalized spacial score (nSPS) is 10.1. The van der Waals surface area contributed by atoms with Gasteiger partial charge in [-0.15, -0.1) is 0 Å². The topological polar surface area (TPSA) is 79.0 Å². The molecule has 2 aromatic carbocycles. The third-order valence-electron chi connectivity index (χ3n) is 2.79. The first-order valence-corrected chi connectivity index (χ1v) is 6.67. The Morgan fingerprint density at radius 3 is 2.60 bits per heavy atom. The standard InChI is InChI=1S/C14H12BrN3O2/c15-11-6-13(12(8-16)14(7-11)18(19)20)17-9-10-4-2-1-3-5-10/h1-8,16-17H,9H2. The third kappa shape index (κ3) is 3.21. The molecule has 0 aliphatic heterocycles. The number of rotatable bonds is 5. The Morgan fingerprint density at radius 1 is 1.30 bits per heavy atom. The van der Waals surface area contributed by atoms with Crippen molar-refractivity contribution in [2.24, 2.45) is 0 Å². The van der Waals surface area contributed by atoms with E-state index in [9.17, 15) is 10.1 Å². The Hall–Kier alpha value is -2.21. The maximum Gasteiger partial charge on any atom is 0.281 e. The van der Waals surface area contributed by atoms with Gasteiger partial charge in [-0.05, 0) is 11.6 Å². The maximum absolute atomic E-state index is 11.0. The average Bonchev–Trinajstić information content (AvgIpc) is 2.45. The highest BCUT2D eigenvalue weighted by Crippen LogP contribution is 2.30. The molecule has 0 unspecified atom stereocenters. The summed E-state index contributed by atoms with van der Waals surface area (Å²) in [4.78, 5) is 10.5. The number of halogens is 1. The van der Waals surface area contributed by atoms with Crippen molar-refractivity contribution in [1.29, 1.82) is 5.41 Å². The molecular formula is C14H12BrN3O2. The molecule has 0 spiro atoms. The second kappa shape index (κ2) is 6.29. The highest BCUT2D eigenvalue weighted by Gasteiger charge is 2.17. The summed E-state index contributed by atoms with van der Waals surface area (Å²) in [6.07, 6.45) is 0.998. The zero-order valence-corrected chi connectivity index (χ0v) is 12.1. The van der Waals surface area contributed by atoms with Crippen LogP contribution < -0.4 is 5.32 Å². The summed E-state index contributed by atoms with van der Waals surface area (Å²) in [6.45, 7) is 0.537. The van der Waals surface area contributed by atoms with Gasteiger partial charge in [-0.2, -0.15) is 0 Å². The van der Waals surface area contributed by atoms with Gasteiger partial charge < -0.3 is 10.7 Å². The van der Waals surface area contributed by atoms with Crippen LogP contribution in [0.25, 0.3) is 0 Å². The van der Waals surface area contributed by atoms with Crippen LogP contribution in [0.5, 0.6) is 0 Å². The first-order chi connectivity index (χ1) is 9.61. The molecule has 0 atom stereocenters. The number of benzene rings is 2. The van der Waals surface area contributed by atoms with Gasteiger partial charge in [-0.25, -0.2) is 0 Å². The summed E-state index contributed by atoms with van der Waals surface area (Å²) in [5.41, 5.74) is 1.80. The van der Waals surface area contributed by atoms with Gasteiger partial charge in [0.15, 0.2) is 0 Å². The van der Waals surface area contributed by atoms with Crippen LogP contribution >= 0.6 is 15.9 Å². The van der Waals surface area contributed by atoms with Crippen LogP contribution in [-0.4, -0.2) is 11.1 Å². The average molecular weight is 334 g/mol. The molecule has 0 amide bonds. The van der Waals surface area contributed by atoms with Crippen LogP contribution in [0.1, 0.15) is 11.1 Å². The second-order valence-electron chi connectivity index (χ2n) is 4.13. The molecule has 0 aliphatic carbocycles. The fourth-order valence-electron chi connectivity index (χ4n) is 1.85. The van der Waals surface area contributed by atoms with Gasteiger partial charge in [-0.3, -0.25) is 10.1 Å². The van der Waals surface area contributed by atoms with E-state index in [1.54, 1.807) is 6.07 Å².